The highest BCUT2D eigenvalue weighted by Gasteiger charge is 2.26. The molecule has 0 aliphatic carbocycles. The first-order valence-electron chi connectivity index (χ1n) is 11.6. The second-order valence-corrected chi connectivity index (χ2v) is 10.7. The summed E-state index contributed by atoms with van der Waals surface area (Å²) in [7, 11) is -3.23. The lowest BCUT2D eigenvalue weighted by atomic mass is 10.1. The van der Waals surface area contributed by atoms with E-state index in [2.05, 4.69) is 20.2 Å². The van der Waals surface area contributed by atoms with Gasteiger partial charge in [-0.05, 0) is 62.3 Å². The molecule has 10 heteroatoms. The molecule has 0 saturated carbocycles. The monoisotopic (exact) mass is 483 g/mol. The average Bonchev–Trinajstić information content (AvgIpc) is 3.49. The number of furan rings is 1. The van der Waals surface area contributed by atoms with E-state index in [-0.39, 0.29) is 0 Å². The molecule has 0 radical (unpaired) electrons. The van der Waals surface area contributed by atoms with Crippen LogP contribution in [-0.2, 0) is 23.0 Å². The second-order valence-electron chi connectivity index (χ2n) is 8.72. The third-order valence-corrected chi connectivity index (χ3v) is 7.44. The number of nitrogens with zero attached hydrogens (tertiary/aromatic N) is 4. The van der Waals surface area contributed by atoms with E-state index in [0.29, 0.717) is 43.5 Å². The number of hydrogen-bond donors (Lipinski definition) is 1. The zero-order valence-electron chi connectivity index (χ0n) is 19.2. The molecule has 0 atom stereocenters. The van der Waals surface area contributed by atoms with Crippen LogP contribution >= 0.6 is 0 Å². The normalized spacial score (nSPS) is 17.0. The second kappa shape index (κ2) is 9.73. The van der Waals surface area contributed by atoms with E-state index in [1.165, 1.54) is 36.5 Å². The summed E-state index contributed by atoms with van der Waals surface area (Å²) in [6.45, 7) is 4.74. The van der Waals surface area contributed by atoms with Crippen molar-refractivity contribution in [2.45, 2.75) is 25.8 Å². The average molecular weight is 484 g/mol. The molecule has 5 rings (SSSR count). The van der Waals surface area contributed by atoms with Gasteiger partial charge in [0.25, 0.3) is 0 Å². The highest BCUT2D eigenvalue weighted by Crippen LogP contribution is 2.30. The molecule has 0 spiro atoms. The van der Waals surface area contributed by atoms with Crippen LogP contribution in [0.1, 0.15) is 24.2 Å². The van der Waals surface area contributed by atoms with E-state index >= 15 is 0 Å². The van der Waals surface area contributed by atoms with Gasteiger partial charge in [0, 0.05) is 43.5 Å². The van der Waals surface area contributed by atoms with Crippen LogP contribution in [0.4, 0.5) is 11.6 Å². The van der Waals surface area contributed by atoms with Gasteiger partial charge in [-0.25, -0.2) is 18.4 Å². The van der Waals surface area contributed by atoms with Crippen molar-refractivity contribution in [3.8, 4) is 17.2 Å². The molecule has 0 amide bonds. The summed E-state index contributed by atoms with van der Waals surface area (Å²) in [5.74, 6) is 2.70. The molecule has 1 N–H and O–H groups in total. The highest BCUT2D eigenvalue weighted by atomic mass is 32.2. The van der Waals surface area contributed by atoms with Crippen molar-refractivity contribution in [2.24, 2.45) is 0 Å². The Hall–Kier alpha value is -2.95. The fourth-order valence-electron chi connectivity index (χ4n) is 4.34. The molecule has 3 aromatic rings. The Kier molecular flexibility index (Phi) is 6.53. The van der Waals surface area contributed by atoms with Crippen LogP contribution in [0.2, 0.25) is 0 Å². The van der Waals surface area contributed by atoms with Crippen molar-refractivity contribution < 1.29 is 17.6 Å². The number of sulfonamides is 1. The number of ether oxygens (including phenoxy) is 1. The van der Waals surface area contributed by atoms with Crippen LogP contribution < -0.4 is 10.1 Å². The molecular formula is C24H29N5O4S. The molecule has 34 heavy (non-hydrogen) atoms. The Labute approximate surface area is 199 Å². The Morgan fingerprint density at radius 1 is 1.12 bits per heavy atom. The van der Waals surface area contributed by atoms with Gasteiger partial charge in [-0.15, -0.1) is 0 Å². The number of fused-ring (bicyclic) bond motifs is 1. The fourth-order valence-corrected chi connectivity index (χ4v) is 5.13. The largest absolute Gasteiger partial charge is 0.492 e. The van der Waals surface area contributed by atoms with E-state index in [1.54, 1.807) is 12.3 Å². The summed E-state index contributed by atoms with van der Waals surface area (Å²) in [6, 6.07) is 11.4. The Balaban J connectivity index is 1.21. The molecule has 2 aliphatic heterocycles. The van der Waals surface area contributed by atoms with Gasteiger partial charge in [0.2, 0.25) is 16.0 Å². The molecule has 9 nitrogen and oxygen atoms in total. The molecule has 1 fully saturated rings. The quantitative estimate of drug-likeness (QED) is 0.521. The summed E-state index contributed by atoms with van der Waals surface area (Å²) in [4.78, 5) is 11.3. The Bertz CT molecular complexity index is 1240. The summed E-state index contributed by atoms with van der Waals surface area (Å²) < 4.78 is 37.1. The molecule has 4 heterocycles. The van der Waals surface area contributed by atoms with Crippen molar-refractivity contribution in [3.05, 3.63) is 53.9 Å². The maximum Gasteiger partial charge on any atom is 0.227 e. The first kappa shape index (κ1) is 22.8. The summed E-state index contributed by atoms with van der Waals surface area (Å²) in [6.07, 6.45) is 6.02. The van der Waals surface area contributed by atoms with Crippen LogP contribution in [0.15, 0.2) is 47.0 Å². The number of nitrogens with one attached hydrogen (secondary N) is 1. The SMILES string of the molecule is CS(=O)(=O)N1CCc2oc(-c3ccnc(Nc4ccc(OCCN5CCCC5)cc4)n3)cc2C1. The first-order valence-corrected chi connectivity index (χ1v) is 13.4. The standard InChI is InChI=1S/C24H29N5O4S/c1-34(30,31)29-13-9-22-18(17-29)16-23(33-22)21-8-10-25-24(27-21)26-19-4-6-20(7-5-19)32-15-14-28-11-2-3-12-28/h4-8,10,16H,2-3,9,11-15,17H2,1H3,(H,25,26,27). The molecule has 0 bridgehead atoms. The van der Waals surface area contributed by atoms with Gasteiger partial charge in [-0.2, -0.15) is 4.31 Å². The van der Waals surface area contributed by atoms with E-state index < -0.39 is 10.0 Å². The van der Waals surface area contributed by atoms with Gasteiger partial charge in [0.15, 0.2) is 5.76 Å². The minimum atomic E-state index is -3.23. The minimum Gasteiger partial charge on any atom is -0.492 e. The van der Waals surface area contributed by atoms with Gasteiger partial charge >= 0.3 is 0 Å². The number of rotatable bonds is 8. The number of hydrogen-bond acceptors (Lipinski definition) is 8. The van der Waals surface area contributed by atoms with Gasteiger partial charge in [-0.1, -0.05) is 0 Å². The van der Waals surface area contributed by atoms with Gasteiger partial charge in [0.05, 0.1) is 6.26 Å². The minimum absolute atomic E-state index is 0.320. The number of likely N-dealkylation sites (tertiary alicyclic amines) is 1. The summed E-state index contributed by atoms with van der Waals surface area (Å²) >= 11 is 0. The van der Waals surface area contributed by atoms with Gasteiger partial charge in [0.1, 0.15) is 23.8 Å². The zero-order valence-corrected chi connectivity index (χ0v) is 20.1. The van der Waals surface area contributed by atoms with Crippen molar-refractivity contribution in [1.29, 1.82) is 0 Å². The summed E-state index contributed by atoms with van der Waals surface area (Å²) in [5, 5.41) is 3.22. The van der Waals surface area contributed by atoms with E-state index in [9.17, 15) is 8.42 Å². The summed E-state index contributed by atoms with van der Waals surface area (Å²) in [5.41, 5.74) is 2.37. The zero-order chi connectivity index (χ0) is 23.5. The van der Waals surface area contributed by atoms with Crippen molar-refractivity contribution >= 4 is 21.7 Å². The molecule has 1 saturated heterocycles. The van der Waals surface area contributed by atoms with Crippen molar-refractivity contribution in [3.63, 3.8) is 0 Å². The van der Waals surface area contributed by atoms with E-state index in [0.717, 1.165) is 29.3 Å². The molecular weight excluding hydrogens is 454 g/mol. The third kappa shape index (κ3) is 5.40. The van der Waals surface area contributed by atoms with Crippen LogP contribution in [0.25, 0.3) is 11.5 Å². The fraction of sp³-hybridized carbons (Fsp3) is 0.417. The number of anilines is 2. The van der Waals surface area contributed by atoms with E-state index in [1.807, 2.05) is 30.3 Å². The molecule has 2 aliphatic rings. The Morgan fingerprint density at radius 2 is 1.91 bits per heavy atom. The lowest BCUT2D eigenvalue weighted by Gasteiger charge is -2.23. The predicted molar refractivity (Wildman–Crippen MR) is 130 cm³/mol. The van der Waals surface area contributed by atoms with Crippen molar-refractivity contribution in [1.82, 2.24) is 19.2 Å². The third-order valence-electron chi connectivity index (χ3n) is 6.19. The maximum atomic E-state index is 11.9. The molecule has 0 unspecified atom stereocenters. The predicted octanol–water partition coefficient (Wildman–Crippen LogP) is 3.27. The van der Waals surface area contributed by atoms with Crippen LogP contribution in [0, 0.1) is 0 Å². The number of aromatic nitrogens is 2. The van der Waals surface area contributed by atoms with Gasteiger partial charge < -0.3 is 14.5 Å². The molecule has 2 aromatic heterocycles. The lowest BCUT2D eigenvalue weighted by Crippen LogP contribution is -2.34. The van der Waals surface area contributed by atoms with Crippen molar-refractivity contribution in [2.75, 3.05) is 44.4 Å². The highest BCUT2D eigenvalue weighted by molar-refractivity contribution is 7.88. The van der Waals surface area contributed by atoms with Crippen LogP contribution in [-0.4, -0.2) is 66.6 Å². The topological polar surface area (TPSA) is 101 Å². The Morgan fingerprint density at radius 3 is 2.68 bits per heavy atom. The number of benzene rings is 1. The first-order chi connectivity index (χ1) is 16.4. The van der Waals surface area contributed by atoms with E-state index in [4.69, 9.17) is 9.15 Å². The van der Waals surface area contributed by atoms with Crippen LogP contribution in [0.3, 0.4) is 0 Å². The van der Waals surface area contributed by atoms with Gasteiger partial charge in [-0.3, -0.25) is 4.90 Å². The van der Waals surface area contributed by atoms with Crippen LogP contribution in [0.5, 0.6) is 5.75 Å². The lowest BCUT2D eigenvalue weighted by molar-refractivity contribution is 0.238. The molecule has 1 aromatic carbocycles. The molecule has 180 valence electrons. The maximum absolute atomic E-state index is 11.9. The smallest absolute Gasteiger partial charge is 0.227 e.